The summed E-state index contributed by atoms with van der Waals surface area (Å²) in [5, 5.41) is 5.97. The Kier molecular flexibility index (Phi) is 3.19. The first-order valence-electron chi connectivity index (χ1n) is 5.43. The smallest absolute Gasteiger partial charge is 0.226 e. The summed E-state index contributed by atoms with van der Waals surface area (Å²) < 4.78 is 12.7. The third kappa shape index (κ3) is 2.39. The normalized spacial score (nSPS) is 17.6. The van der Waals surface area contributed by atoms with Gasteiger partial charge >= 0.3 is 0 Å². The molecule has 3 nitrogen and oxygen atoms in total. The zero-order valence-electron chi connectivity index (χ0n) is 9.16. The zero-order valence-corrected chi connectivity index (χ0v) is 9.16. The number of benzene rings is 1. The van der Waals surface area contributed by atoms with Crippen molar-refractivity contribution in [1.29, 1.82) is 0 Å². The SMILES string of the molecule is CC(NC(=O)C1CNC1)c1ccc(F)cc1. The van der Waals surface area contributed by atoms with Gasteiger partial charge in [-0.2, -0.15) is 0 Å². The van der Waals surface area contributed by atoms with E-state index < -0.39 is 0 Å². The van der Waals surface area contributed by atoms with Crippen LogP contribution in [0.5, 0.6) is 0 Å². The van der Waals surface area contributed by atoms with Crippen LogP contribution in [0.1, 0.15) is 18.5 Å². The van der Waals surface area contributed by atoms with E-state index in [4.69, 9.17) is 0 Å². The molecule has 0 spiro atoms. The molecule has 1 aromatic carbocycles. The van der Waals surface area contributed by atoms with Crippen molar-refractivity contribution in [3.8, 4) is 0 Å². The highest BCUT2D eigenvalue weighted by atomic mass is 19.1. The molecule has 1 amide bonds. The fraction of sp³-hybridized carbons (Fsp3) is 0.417. The molecule has 1 heterocycles. The molecule has 0 saturated carbocycles. The number of hydrogen-bond acceptors (Lipinski definition) is 2. The summed E-state index contributed by atoms with van der Waals surface area (Å²) in [6.07, 6.45) is 0. The third-order valence-electron chi connectivity index (χ3n) is 2.88. The Hall–Kier alpha value is -1.42. The van der Waals surface area contributed by atoms with Gasteiger partial charge in [-0.1, -0.05) is 12.1 Å². The number of hydrogen-bond donors (Lipinski definition) is 2. The maximum Gasteiger partial charge on any atom is 0.226 e. The molecule has 0 radical (unpaired) electrons. The molecule has 2 rings (SSSR count). The average Bonchev–Trinajstić information content (AvgIpc) is 2.15. The fourth-order valence-corrected chi connectivity index (χ4v) is 1.64. The molecule has 1 fully saturated rings. The Labute approximate surface area is 94.0 Å². The van der Waals surface area contributed by atoms with Crippen molar-refractivity contribution < 1.29 is 9.18 Å². The lowest BCUT2D eigenvalue weighted by Gasteiger charge is -2.27. The predicted molar refractivity (Wildman–Crippen MR) is 59.3 cm³/mol. The highest BCUT2D eigenvalue weighted by Gasteiger charge is 2.25. The molecule has 1 aliphatic rings. The topological polar surface area (TPSA) is 41.1 Å². The van der Waals surface area contributed by atoms with Crippen LogP contribution in [0.2, 0.25) is 0 Å². The Bertz CT molecular complexity index is 373. The molecule has 86 valence electrons. The minimum absolute atomic E-state index is 0.0653. The largest absolute Gasteiger partial charge is 0.349 e. The molecule has 1 atom stereocenters. The van der Waals surface area contributed by atoms with Crippen LogP contribution in [0.4, 0.5) is 4.39 Å². The van der Waals surface area contributed by atoms with Crippen molar-refractivity contribution in [3.05, 3.63) is 35.6 Å². The monoisotopic (exact) mass is 222 g/mol. The van der Waals surface area contributed by atoms with Crippen LogP contribution in [-0.4, -0.2) is 19.0 Å². The molecule has 2 N–H and O–H groups in total. The first-order valence-corrected chi connectivity index (χ1v) is 5.43. The van der Waals surface area contributed by atoms with Gasteiger partial charge < -0.3 is 10.6 Å². The number of nitrogens with one attached hydrogen (secondary N) is 2. The summed E-state index contributed by atoms with van der Waals surface area (Å²) in [7, 11) is 0. The van der Waals surface area contributed by atoms with Crippen molar-refractivity contribution in [2.75, 3.05) is 13.1 Å². The van der Waals surface area contributed by atoms with Gasteiger partial charge in [0.2, 0.25) is 5.91 Å². The van der Waals surface area contributed by atoms with Gasteiger partial charge in [0.05, 0.1) is 12.0 Å². The number of carbonyl (C=O) groups is 1. The molecule has 0 aliphatic carbocycles. The average molecular weight is 222 g/mol. The summed E-state index contributed by atoms with van der Waals surface area (Å²) in [5.41, 5.74) is 0.919. The highest BCUT2D eigenvalue weighted by Crippen LogP contribution is 2.14. The maximum absolute atomic E-state index is 12.7. The fourth-order valence-electron chi connectivity index (χ4n) is 1.64. The highest BCUT2D eigenvalue weighted by molar-refractivity contribution is 5.80. The molecule has 0 bridgehead atoms. The van der Waals surface area contributed by atoms with Crippen LogP contribution in [0.15, 0.2) is 24.3 Å². The second-order valence-electron chi connectivity index (χ2n) is 4.14. The second kappa shape index (κ2) is 4.61. The Balaban J connectivity index is 1.94. The van der Waals surface area contributed by atoms with Crippen molar-refractivity contribution in [3.63, 3.8) is 0 Å². The molecule has 4 heteroatoms. The molecule has 1 unspecified atom stereocenters. The number of carbonyl (C=O) groups excluding carboxylic acids is 1. The lowest BCUT2D eigenvalue weighted by Crippen LogP contribution is -2.51. The minimum Gasteiger partial charge on any atom is -0.349 e. The maximum atomic E-state index is 12.7. The number of rotatable bonds is 3. The first-order chi connectivity index (χ1) is 7.66. The Morgan fingerprint density at radius 1 is 1.44 bits per heavy atom. The summed E-state index contributed by atoms with van der Waals surface area (Å²) in [6.45, 7) is 3.40. The van der Waals surface area contributed by atoms with Gasteiger partial charge in [-0.15, -0.1) is 0 Å². The predicted octanol–water partition coefficient (Wildman–Crippen LogP) is 1.22. The lowest BCUT2D eigenvalue weighted by atomic mass is 10.0. The molecular formula is C12H15FN2O. The molecule has 1 aromatic rings. The van der Waals surface area contributed by atoms with E-state index in [2.05, 4.69) is 10.6 Å². The van der Waals surface area contributed by atoms with Crippen LogP contribution >= 0.6 is 0 Å². The zero-order chi connectivity index (χ0) is 11.5. The van der Waals surface area contributed by atoms with Gasteiger partial charge in [-0.25, -0.2) is 4.39 Å². The van der Waals surface area contributed by atoms with E-state index in [-0.39, 0.29) is 23.7 Å². The van der Waals surface area contributed by atoms with Crippen LogP contribution in [0.25, 0.3) is 0 Å². The van der Waals surface area contributed by atoms with Crippen molar-refractivity contribution in [2.24, 2.45) is 5.92 Å². The molecule has 1 saturated heterocycles. The van der Waals surface area contributed by atoms with Gasteiger partial charge in [-0.05, 0) is 24.6 Å². The summed E-state index contributed by atoms with van der Waals surface area (Å²) >= 11 is 0. The van der Waals surface area contributed by atoms with Gasteiger partial charge in [-0.3, -0.25) is 4.79 Å². The Morgan fingerprint density at radius 2 is 2.06 bits per heavy atom. The molecule has 0 aromatic heterocycles. The van der Waals surface area contributed by atoms with Crippen molar-refractivity contribution in [1.82, 2.24) is 10.6 Å². The van der Waals surface area contributed by atoms with Gasteiger partial charge in [0.25, 0.3) is 0 Å². The second-order valence-corrected chi connectivity index (χ2v) is 4.14. The lowest BCUT2D eigenvalue weighted by molar-refractivity contribution is -0.127. The molecule has 1 aliphatic heterocycles. The van der Waals surface area contributed by atoms with Gasteiger partial charge in [0.15, 0.2) is 0 Å². The molecular weight excluding hydrogens is 207 g/mol. The summed E-state index contributed by atoms with van der Waals surface area (Å²) in [4.78, 5) is 11.7. The standard InChI is InChI=1S/C12H15FN2O/c1-8(9-2-4-11(13)5-3-9)15-12(16)10-6-14-7-10/h2-5,8,10,14H,6-7H2,1H3,(H,15,16). The minimum atomic E-state index is -0.259. The van der Waals surface area contributed by atoms with Crippen molar-refractivity contribution >= 4 is 5.91 Å². The first kappa shape index (κ1) is 11.1. The molecule has 16 heavy (non-hydrogen) atoms. The third-order valence-corrected chi connectivity index (χ3v) is 2.88. The van der Waals surface area contributed by atoms with E-state index in [9.17, 15) is 9.18 Å². The van der Waals surface area contributed by atoms with Gasteiger partial charge in [0, 0.05) is 13.1 Å². The summed E-state index contributed by atoms with van der Waals surface area (Å²) in [5.74, 6) is -0.107. The van der Waals surface area contributed by atoms with Crippen LogP contribution in [0.3, 0.4) is 0 Å². The number of halogens is 1. The quantitative estimate of drug-likeness (QED) is 0.807. The van der Waals surface area contributed by atoms with E-state index in [1.807, 2.05) is 6.92 Å². The van der Waals surface area contributed by atoms with E-state index in [1.54, 1.807) is 12.1 Å². The van der Waals surface area contributed by atoms with Gasteiger partial charge in [0.1, 0.15) is 5.82 Å². The summed E-state index contributed by atoms with van der Waals surface area (Å²) in [6, 6.07) is 6.12. The van der Waals surface area contributed by atoms with E-state index in [1.165, 1.54) is 12.1 Å². The van der Waals surface area contributed by atoms with E-state index in [0.717, 1.165) is 18.7 Å². The van der Waals surface area contributed by atoms with Crippen LogP contribution in [-0.2, 0) is 4.79 Å². The number of amides is 1. The van der Waals surface area contributed by atoms with Crippen molar-refractivity contribution in [2.45, 2.75) is 13.0 Å². The van der Waals surface area contributed by atoms with Crippen LogP contribution in [0, 0.1) is 11.7 Å². The van der Waals surface area contributed by atoms with E-state index >= 15 is 0 Å². The van der Waals surface area contributed by atoms with E-state index in [0.29, 0.717) is 0 Å². The Morgan fingerprint density at radius 3 is 2.56 bits per heavy atom. The van der Waals surface area contributed by atoms with Crippen LogP contribution < -0.4 is 10.6 Å².